The molecule has 1 unspecified atom stereocenters. The topological polar surface area (TPSA) is 55.9 Å². The van der Waals surface area contributed by atoms with Crippen molar-refractivity contribution in [3.63, 3.8) is 0 Å². The first-order valence-electron chi connectivity index (χ1n) is 5.49. The number of rotatable bonds is 4. The summed E-state index contributed by atoms with van der Waals surface area (Å²) >= 11 is 9.54. The summed E-state index contributed by atoms with van der Waals surface area (Å²) in [7, 11) is 1.85. The Morgan fingerprint density at radius 2 is 2.11 bits per heavy atom. The number of benzene rings is 1. The number of halogens is 2. The predicted molar refractivity (Wildman–Crippen MR) is 76.1 cm³/mol. The number of nitrogens with one attached hydrogen (secondary N) is 1. The van der Waals surface area contributed by atoms with Crippen LogP contribution in [0.2, 0.25) is 5.02 Å². The van der Waals surface area contributed by atoms with Crippen LogP contribution >= 0.6 is 27.5 Å². The molecule has 2 rings (SSSR count). The zero-order valence-corrected chi connectivity index (χ0v) is 12.2. The lowest BCUT2D eigenvalue weighted by molar-refractivity contribution is 0.508. The molecule has 1 aromatic carbocycles. The molecule has 1 atom stereocenters. The number of aromatic nitrogens is 2. The van der Waals surface area contributed by atoms with Gasteiger partial charge in [-0.05, 0) is 24.1 Å². The standard InChI is InChI=1S/C12H14BrClN4/c1-18-12(10(14)7-16-18)11(17-15)6-8-2-4-9(13)5-3-8/h2-5,7,11,17H,6,15H2,1H3. The summed E-state index contributed by atoms with van der Waals surface area (Å²) in [4.78, 5) is 0. The molecule has 0 aliphatic heterocycles. The number of nitrogens with zero attached hydrogens (tertiary/aromatic N) is 2. The summed E-state index contributed by atoms with van der Waals surface area (Å²) < 4.78 is 2.80. The van der Waals surface area contributed by atoms with Crippen LogP contribution in [0.3, 0.4) is 0 Å². The van der Waals surface area contributed by atoms with Crippen molar-refractivity contribution in [3.05, 3.63) is 51.2 Å². The van der Waals surface area contributed by atoms with Crippen molar-refractivity contribution < 1.29 is 0 Å². The van der Waals surface area contributed by atoms with Gasteiger partial charge >= 0.3 is 0 Å². The predicted octanol–water partition coefficient (Wildman–Crippen LogP) is 2.58. The number of aryl methyl sites for hydroxylation is 1. The molecule has 3 N–H and O–H groups in total. The van der Waals surface area contributed by atoms with E-state index in [1.54, 1.807) is 10.9 Å². The highest BCUT2D eigenvalue weighted by Crippen LogP contribution is 2.25. The quantitative estimate of drug-likeness (QED) is 0.669. The molecule has 0 aliphatic rings. The molecule has 0 bridgehead atoms. The average Bonchev–Trinajstić information content (AvgIpc) is 2.69. The smallest absolute Gasteiger partial charge is 0.0834 e. The molecule has 0 saturated heterocycles. The Balaban J connectivity index is 2.22. The van der Waals surface area contributed by atoms with E-state index < -0.39 is 0 Å². The zero-order valence-electron chi connectivity index (χ0n) is 9.90. The molecule has 1 heterocycles. The Morgan fingerprint density at radius 3 is 2.61 bits per heavy atom. The van der Waals surface area contributed by atoms with Crippen molar-refractivity contribution in [1.29, 1.82) is 0 Å². The van der Waals surface area contributed by atoms with E-state index in [2.05, 4.69) is 38.6 Å². The Hall–Kier alpha value is -0.880. The molecule has 96 valence electrons. The molecular weight excluding hydrogens is 316 g/mol. The number of hydrogen-bond donors (Lipinski definition) is 2. The molecule has 0 radical (unpaired) electrons. The molecule has 0 amide bonds. The molecule has 6 heteroatoms. The zero-order chi connectivity index (χ0) is 13.1. The summed E-state index contributed by atoms with van der Waals surface area (Å²) in [6.45, 7) is 0. The number of nitrogens with two attached hydrogens (primary N) is 1. The van der Waals surface area contributed by atoms with Gasteiger partial charge in [0.25, 0.3) is 0 Å². The molecule has 4 nitrogen and oxygen atoms in total. The van der Waals surface area contributed by atoms with E-state index in [1.165, 1.54) is 5.56 Å². The number of hydrazine groups is 1. The van der Waals surface area contributed by atoms with Gasteiger partial charge in [0.15, 0.2) is 0 Å². The van der Waals surface area contributed by atoms with Crippen molar-refractivity contribution in [3.8, 4) is 0 Å². The van der Waals surface area contributed by atoms with Crippen LogP contribution in [0.5, 0.6) is 0 Å². The van der Waals surface area contributed by atoms with Gasteiger partial charge in [0, 0.05) is 11.5 Å². The molecule has 0 aliphatic carbocycles. The van der Waals surface area contributed by atoms with E-state index in [0.717, 1.165) is 16.6 Å². The van der Waals surface area contributed by atoms with Crippen LogP contribution in [0.25, 0.3) is 0 Å². The molecule has 18 heavy (non-hydrogen) atoms. The molecule has 0 saturated carbocycles. The Morgan fingerprint density at radius 1 is 1.44 bits per heavy atom. The first-order chi connectivity index (χ1) is 8.61. The van der Waals surface area contributed by atoms with Gasteiger partial charge in [0.05, 0.1) is 23.0 Å². The lowest BCUT2D eigenvalue weighted by Crippen LogP contribution is -2.31. The highest BCUT2D eigenvalue weighted by Gasteiger charge is 2.18. The number of hydrogen-bond acceptors (Lipinski definition) is 3. The van der Waals surface area contributed by atoms with E-state index >= 15 is 0 Å². The lowest BCUT2D eigenvalue weighted by Gasteiger charge is -2.17. The van der Waals surface area contributed by atoms with Crippen molar-refractivity contribution in [2.45, 2.75) is 12.5 Å². The minimum atomic E-state index is -0.0637. The molecular formula is C12H14BrClN4. The van der Waals surface area contributed by atoms with Crippen molar-refractivity contribution in [2.24, 2.45) is 12.9 Å². The van der Waals surface area contributed by atoms with Crippen LogP contribution < -0.4 is 11.3 Å². The van der Waals surface area contributed by atoms with E-state index in [-0.39, 0.29) is 6.04 Å². The van der Waals surface area contributed by atoms with Crippen LogP contribution in [-0.2, 0) is 13.5 Å². The van der Waals surface area contributed by atoms with Gasteiger partial charge in [-0.1, -0.05) is 39.7 Å². The fourth-order valence-corrected chi connectivity index (χ4v) is 2.46. The van der Waals surface area contributed by atoms with E-state index in [0.29, 0.717) is 5.02 Å². The van der Waals surface area contributed by atoms with Gasteiger partial charge in [-0.15, -0.1) is 0 Å². The highest BCUT2D eigenvalue weighted by atomic mass is 79.9. The first-order valence-corrected chi connectivity index (χ1v) is 6.67. The monoisotopic (exact) mass is 328 g/mol. The maximum atomic E-state index is 6.12. The van der Waals surface area contributed by atoms with Gasteiger partial charge in [-0.3, -0.25) is 16.0 Å². The maximum Gasteiger partial charge on any atom is 0.0834 e. The second-order valence-electron chi connectivity index (χ2n) is 4.05. The third kappa shape index (κ3) is 2.92. The summed E-state index contributed by atoms with van der Waals surface area (Å²) in [5.41, 5.74) is 4.86. The van der Waals surface area contributed by atoms with Crippen molar-refractivity contribution in [2.75, 3.05) is 0 Å². The molecule has 1 aromatic heterocycles. The summed E-state index contributed by atoms with van der Waals surface area (Å²) in [6.07, 6.45) is 2.38. The second kappa shape index (κ2) is 5.84. The van der Waals surface area contributed by atoms with Gasteiger partial charge in [0.1, 0.15) is 0 Å². The van der Waals surface area contributed by atoms with E-state index in [4.69, 9.17) is 17.4 Å². The highest BCUT2D eigenvalue weighted by molar-refractivity contribution is 9.10. The van der Waals surface area contributed by atoms with Crippen LogP contribution in [0, 0.1) is 0 Å². The van der Waals surface area contributed by atoms with Gasteiger partial charge in [0.2, 0.25) is 0 Å². The van der Waals surface area contributed by atoms with E-state index in [9.17, 15) is 0 Å². The van der Waals surface area contributed by atoms with Crippen molar-refractivity contribution in [1.82, 2.24) is 15.2 Å². The van der Waals surface area contributed by atoms with E-state index in [1.807, 2.05) is 19.2 Å². The SMILES string of the molecule is Cn1ncc(Cl)c1C(Cc1ccc(Br)cc1)NN. The minimum Gasteiger partial charge on any atom is -0.271 e. The Bertz CT molecular complexity index is 504. The van der Waals surface area contributed by atoms with Gasteiger partial charge < -0.3 is 0 Å². The van der Waals surface area contributed by atoms with Gasteiger partial charge in [-0.2, -0.15) is 5.10 Å². The van der Waals surface area contributed by atoms with Crippen LogP contribution in [-0.4, -0.2) is 9.78 Å². The normalized spacial score (nSPS) is 12.7. The fraction of sp³-hybridized carbons (Fsp3) is 0.250. The Kier molecular flexibility index (Phi) is 4.40. The average molecular weight is 330 g/mol. The third-order valence-electron chi connectivity index (χ3n) is 2.82. The van der Waals surface area contributed by atoms with Crippen molar-refractivity contribution >= 4 is 27.5 Å². The third-order valence-corrected chi connectivity index (χ3v) is 3.64. The molecule has 2 aromatic rings. The minimum absolute atomic E-state index is 0.0637. The lowest BCUT2D eigenvalue weighted by atomic mass is 10.0. The van der Waals surface area contributed by atoms with Crippen LogP contribution in [0.1, 0.15) is 17.3 Å². The summed E-state index contributed by atoms with van der Waals surface area (Å²) in [6, 6.07) is 8.06. The molecule has 0 spiro atoms. The maximum absolute atomic E-state index is 6.12. The fourth-order valence-electron chi connectivity index (χ4n) is 1.90. The Labute approximate surface area is 119 Å². The van der Waals surface area contributed by atoms with Crippen LogP contribution in [0.15, 0.2) is 34.9 Å². The summed E-state index contributed by atoms with van der Waals surface area (Å²) in [5.74, 6) is 5.62. The second-order valence-corrected chi connectivity index (χ2v) is 5.37. The summed E-state index contributed by atoms with van der Waals surface area (Å²) in [5, 5.41) is 4.75. The first kappa shape index (κ1) is 13.5. The van der Waals surface area contributed by atoms with Crippen LogP contribution in [0.4, 0.5) is 0 Å². The van der Waals surface area contributed by atoms with Gasteiger partial charge in [-0.25, -0.2) is 0 Å². The molecule has 0 fully saturated rings. The largest absolute Gasteiger partial charge is 0.271 e.